The third-order valence-electron chi connectivity index (χ3n) is 2.80. The van der Waals surface area contributed by atoms with Crippen LogP contribution in [-0.2, 0) is 4.74 Å². The third kappa shape index (κ3) is 5.23. The second-order valence-corrected chi connectivity index (χ2v) is 5.97. The quantitative estimate of drug-likeness (QED) is 0.759. The average molecular weight is 231 g/mol. The first-order chi connectivity index (χ1) is 7.24. The second kappa shape index (κ2) is 7.53. The van der Waals surface area contributed by atoms with Crippen LogP contribution >= 0.6 is 11.8 Å². The highest BCUT2D eigenvalue weighted by Crippen LogP contribution is 2.23. The van der Waals surface area contributed by atoms with E-state index in [1.807, 2.05) is 0 Å². The SMILES string of the molecule is CCNC1CCOCC1SCCC(C)C. The van der Waals surface area contributed by atoms with E-state index in [1.54, 1.807) is 0 Å². The minimum Gasteiger partial charge on any atom is -0.380 e. The number of hydrogen-bond acceptors (Lipinski definition) is 3. The Morgan fingerprint density at radius 1 is 1.47 bits per heavy atom. The molecular formula is C12H25NOS. The Morgan fingerprint density at radius 3 is 2.93 bits per heavy atom. The topological polar surface area (TPSA) is 21.3 Å². The predicted molar refractivity (Wildman–Crippen MR) is 68.6 cm³/mol. The van der Waals surface area contributed by atoms with E-state index in [4.69, 9.17) is 4.74 Å². The summed E-state index contributed by atoms with van der Waals surface area (Å²) in [6, 6.07) is 0.668. The van der Waals surface area contributed by atoms with Gasteiger partial charge in [0.05, 0.1) is 6.61 Å². The maximum absolute atomic E-state index is 5.56. The molecule has 1 N–H and O–H groups in total. The molecule has 0 amide bonds. The van der Waals surface area contributed by atoms with Crippen molar-refractivity contribution in [1.82, 2.24) is 5.32 Å². The fourth-order valence-corrected chi connectivity index (χ4v) is 3.39. The molecule has 0 aromatic heterocycles. The van der Waals surface area contributed by atoms with Crippen LogP contribution in [0.2, 0.25) is 0 Å². The molecule has 0 aliphatic carbocycles. The Bertz CT molecular complexity index is 162. The summed E-state index contributed by atoms with van der Waals surface area (Å²) < 4.78 is 5.56. The molecule has 1 aliphatic heterocycles. The first kappa shape index (κ1) is 13.3. The van der Waals surface area contributed by atoms with E-state index in [0.29, 0.717) is 11.3 Å². The fourth-order valence-electron chi connectivity index (χ4n) is 1.83. The van der Waals surface area contributed by atoms with Crippen LogP contribution in [0, 0.1) is 5.92 Å². The Morgan fingerprint density at radius 2 is 2.27 bits per heavy atom. The van der Waals surface area contributed by atoms with Crippen LogP contribution < -0.4 is 5.32 Å². The summed E-state index contributed by atoms with van der Waals surface area (Å²) in [5.74, 6) is 2.09. The van der Waals surface area contributed by atoms with Crippen LogP contribution in [0.4, 0.5) is 0 Å². The summed E-state index contributed by atoms with van der Waals surface area (Å²) in [6.07, 6.45) is 2.49. The van der Waals surface area contributed by atoms with Gasteiger partial charge in [-0.3, -0.25) is 0 Å². The average Bonchev–Trinajstić information content (AvgIpc) is 2.20. The molecular weight excluding hydrogens is 206 g/mol. The lowest BCUT2D eigenvalue weighted by Gasteiger charge is -2.31. The largest absolute Gasteiger partial charge is 0.380 e. The summed E-state index contributed by atoms with van der Waals surface area (Å²) in [4.78, 5) is 0. The highest BCUT2D eigenvalue weighted by atomic mass is 32.2. The summed E-state index contributed by atoms with van der Waals surface area (Å²) in [5.41, 5.74) is 0. The third-order valence-corrected chi connectivity index (χ3v) is 4.16. The minimum atomic E-state index is 0.664. The van der Waals surface area contributed by atoms with E-state index in [0.717, 1.165) is 25.7 Å². The minimum absolute atomic E-state index is 0.664. The molecule has 15 heavy (non-hydrogen) atoms. The van der Waals surface area contributed by atoms with E-state index >= 15 is 0 Å². The van der Waals surface area contributed by atoms with Crippen molar-refractivity contribution in [3.8, 4) is 0 Å². The lowest BCUT2D eigenvalue weighted by Crippen LogP contribution is -2.44. The smallest absolute Gasteiger partial charge is 0.0600 e. The normalized spacial score (nSPS) is 27.2. The number of nitrogens with one attached hydrogen (secondary N) is 1. The van der Waals surface area contributed by atoms with E-state index < -0.39 is 0 Å². The van der Waals surface area contributed by atoms with Gasteiger partial charge in [0.25, 0.3) is 0 Å². The van der Waals surface area contributed by atoms with Crippen molar-refractivity contribution < 1.29 is 4.74 Å². The van der Waals surface area contributed by atoms with Crippen LogP contribution in [-0.4, -0.2) is 36.8 Å². The Balaban J connectivity index is 2.23. The van der Waals surface area contributed by atoms with Crippen molar-refractivity contribution in [2.24, 2.45) is 5.92 Å². The van der Waals surface area contributed by atoms with Gasteiger partial charge in [-0.05, 0) is 31.1 Å². The standard InChI is InChI=1S/C12H25NOS/c1-4-13-11-5-7-14-9-12(11)15-8-6-10(2)3/h10-13H,4-9H2,1-3H3. The molecule has 1 rings (SSSR count). The summed E-state index contributed by atoms with van der Waals surface area (Å²) in [5, 5.41) is 4.24. The Hall–Kier alpha value is 0.270. The zero-order valence-electron chi connectivity index (χ0n) is 10.3. The van der Waals surface area contributed by atoms with Gasteiger partial charge in [-0.25, -0.2) is 0 Å². The number of hydrogen-bond donors (Lipinski definition) is 1. The van der Waals surface area contributed by atoms with Crippen LogP contribution in [0.1, 0.15) is 33.6 Å². The number of ether oxygens (including phenoxy) is 1. The molecule has 1 saturated heterocycles. The highest BCUT2D eigenvalue weighted by molar-refractivity contribution is 8.00. The molecule has 3 heteroatoms. The van der Waals surface area contributed by atoms with Gasteiger partial charge in [-0.1, -0.05) is 20.8 Å². The summed E-state index contributed by atoms with van der Waals surface area (Å²) in [7, 11) is 0. The van der Waals surface area contributed by atoms with E-state index in [2.05, 4.69) is 37.8 Å². The van der Waals surface area contributed by atoms with Gasteiger partial charge in [0.15, 0.2) is 0 Å². The second-order valence-electron chi connectivity index (χ2n) is 4.62. The first-order valence-corrected chi connectivity index (χ1v) is 7.21. The molecule has 0 aromatic rings. The van der Waals surface area contributed by atoms with Crippen molar-refractivity contribution in [2.75, 3.05) is 25.5 Å². The van der Waals surface area contributed by atoms with Gasteiger partial charge >= 0.3 is 0 Å². The predicted octanol–water partition coefficient (Wildman–Crippen LogP) is 2.53. The zero-order chi connectivity index (χ0) is 11.1. The van der Waals surface area contributed by atoms with Crippen molar-refractivity contribution in [3.05, 3.63) is 0 Å². The molecule has 1 fully saturated rings. The van der Waals surface area contributed by atoms with Crippen molar-refractivity contribution in [2.45, 2.75) is 44.9 Å². The van der Waals surface area contributed by atoms with Crippen LogP contribution in [0.5, 0.6) is 0 Å². The molecule has 1 heterocycles. The summed E-state index contributed by atoms with van der Waals surface area (Å²) >= 11 is 2.09. The molecule has 0 spiro atoms. The maximum atomic E-state index is 5.56. The maximum Gasteiger partial charge on any atom is 0.0600 e. The summed E-state index contributed by atoms with van der Waals surface area (Å²) in [6.45, 7) is 9.70. The van der Waals surface area contributed by atoms with Crippen LogP contribution in [0.3, 0.4) is 0 Å². The van der Waals surface area contributed by atoms with Crippen molar-refractivity contribution in [3.63, 3.8) is 0 Å². The Labute approximate surface area is 98.5 Å². The molecule has 2 unspecified atom stereocenters. The highest BCUT2D eigenvalue weighted by Gasteiger charge is 2.24. The molecule has 90 valence electrons. The first-order valence-electron chi connectivity index (χ1n) is 6.16. The van der Waals surface area contributed by atoms with E-state index in [1.165, 1.54) is 18.6 Å². The molecule has 0 aromatic carbocycles. The number of thioether (sulfide) groups is 1. The molecule has 1 aliphatic rings. The van der Waals surface area contributed by atoms with Gasteiger partial charge < -0.3 is 10.1 Å². The van der Waals surface area contributed by atoms with Crippen LogP contribution in [0.25, 0.3) is 0 Å². The van der Waals surface area contributed by atoms with Crippen molar-refractivity contribution >= 4 is 11.8 Å². The number of rotatable bonds is 6. The molecule has 2 atom stereocenters. The van der Waals surface area contributed by atoms with Gasteiger partial charge in [-0.15, -0.1) is 0 Å². The van der Waals surface area contributed by atoms with Gasteiger partial charge in [-0.2, -0.15) is 11.8 Å². The molecule has 2 nitrogen and oxygen atoms in total. The molecule has 0 bridgehead atoms. The van der Waals surface area contributed by atoms with Gasteiger partial charge in [0.1, 0.15) is 0 Å². The van der Waals surface area contributed by atoms with Gasteiger partial charge in [0.2, 0.25) is 0 Å². The lowest BCUT2D eigenvalue weighted by atomic mass is 10.1. The zero-order valence-corrected chi connectivity index (χ0v) is 11.1. The van der Waals surface area contributed by atoms with Gasteiger partial charge in [0, 0.05) is 17.9 Å². The van der Waals surface area contributed by atoms with E-state index in [-0.39, 0.29) is 0 Å². The Kier molecular flexibility index (Phi) is 6.69. The molecule has 0 saturated carbocycles. The molecule has 0 radical (unpaired) electrons. The lowest BCUT2D eigenvalue weighted by molar-refractivity contribution is 0.0837. The monoisotopic (exact) mass is 231 g/mol. The fraction of sp³-hybridized carbons (Fsp3) is 1.00. The van der Waals surface area contributed by atoms with Crippen LogP contribution in [0.15, 0.2) is 0 Å². The van der Waals surface area contributed by atoms with E-state index in [9.17, 15) is 0 Å². The van der Waals surface area contributed by atoms with Crippen molar-refractivity contribution in [1.29, 1.82) is 0 Å².